The molecule has 28 heavy (non-hydrogen) atoms. The van der Waals surface area contributed by atoms with Gasteiger partial charge in [0.2, 0.25) is 5.91 Å². The van der Waals surface area contributed by atoms with Crippen LogP contribution in [0.3, 0.4) is 0 Å². The molecular weight excluding hydrogens is 358 g/mol. The standard InChI is InChI=1S/C21H25N3O4/c1-27-18-9-16-17(10-19(18)28-2)23-12-24(21(16)26)6-5-20(25)22-11-15-8-13-3-4-14(15)7-13/h3-4,9-10,12-15H,5-8,11H2,1-2H3,(H,22,25)/t13-,14-,15+/m0/s1. The smallest absolute Gasteiger partial charge is 0.261 e. The van der Waals surface area contributed by atoms with E-state index in [9.17, 15) is 9.59 Å². The van der Waals surface area contributed by atoms with E-state index < -0.39 is 0 Å². The molecule has 1 amide bonds. The summed E-state index contributed by atoms with van der Waals surface area (Å²) in [5.41, 5.74) is 0.338. The number of aryl methyl sites for hydroxylation is 1. The maximum atomic E-state index is 12.7. The minimum absolute atomic E-state index is 0.0361. The molecule has 4 rings (SSSR count). The fraction of sp³-hybridized carbons (Fsp3) is 0.476. The van der Waals surface area contributed by atoms with Gasteiger partial charge in [-0.15, -0.1) is 0 Å². The van der Waals surface area contributed by atoms with Crippen molar-refractivity contribution in [2.45, 2.75) is 25.8 Å². The van der Waals surface area contributed by atoms with Gasteiger partial charge in [-0.2, -0.15) is 0 Å². The van der Waals surface area contributed by atoms with Crippen LogP contribution in [0.4, 0.5) is 0 Å². The first kappa shape index (κ1) is 18.5. The Morgan fingerprint density at radius 3 is 2.68 bits per heavy atom. The van der Waals surface area contributed by atoms with Crippen LogP contribution in [-0.2, 0) is 11.3 Å². The lowest BCUT2D eigenvalue weighted by atomic mass is 9.93. The topological polar surface area (TPSA) is 82.5 Å². The van der Waals surface area contributed by atoms with E-state index in [1.165, 1.54) is 38.0 Å². The second-order valence-corrected chi connectivity index (χ2v) is 7.56. The average molecular weight is 383 g/mol. The molecule has 2 aromatic rings. The molecule has 7 nitrogen and oxygen atoms in total. The second kappa shape index (κ2) is 7.66. The lowest BCUT2D eigenvalue weighted by Crippen LogP contribution is -2.32. The number of ether oxygens (including phenoxy) is 2. The number of allylic oxidation sites excluding steroid dienone is 2. The monoisotopic (exact) mass is 383 g/mol. The van der Waals surface area contributed by atoms with E-state index in [4.69, 9.17) is 9.47 Å². The SMILES string of the molecule is COc1cc2ncn(CCC(=O)NC[C@H]3C[C@H]4C=C[C@H]3C4)c(=O)c2cc1OC. The van der Waals surface area contributed by atoms with Gasteiger partial charge in [-0.1, -0.05) is 12.2 Å². The molecule has 1 aromatic carbocycles. The summed E-state index contributed by atoms with van der Waals surface area (Å²) in [5.74, 6) is 2.82. The molecule has 2 aliphatic carbocycles. The van der Waals surface area contributed by atoms with Crippen molar-refractivity contribution in [3.8, 4) is 11.5 Å². The van der Waals surface area contributed by atoms with Crippen LogP contribution in [-0.4, -0.2) is 36.2 Å². The van der Waals surface area contributed by atoms with Crippen LogP contribution in [0.2, 0.25) is 0 Å². The lowest BCUT2D eigenvalue weighted by Gasteiger charge is -2.18. The molecule has 7 heteroatoms. The van der Waals surface area contributed by atoms with Gasteiger partial charge in [-0.25, -0.2) is 4.98 Å². The summed E-state index contributed by atoms with van der Waals surface area (Å²) in [7, 11) is 3.06. The number of hydrogen-bond acceptors (Lipinski definition) is 5. The highest BCUT2D eigenvalue weighted by Gasteiger charge is 2.35. The number of hydrogen-bond donors (Lipinski definition) is 1. The Bertz CT molecular complexity index is 982. The van der Waals surface area contributed by atoms with E-state index in [1.54, 1.807) is 12.1 Å². The molecule has 2 bridgehead atoms. The van der Waals surface area contributed by atoms with Gasteiger partial charge in [-0.05, 0) is 36.7 Å². The van der Waals surface area contributed by atoms with E-state index in [-0.39, 0.29) is 17.9 Å². The Morgan fingerprint density at radius 1 is 1.21 bits per heavy atom. The van der Waals surface area contributed by atoms with Crippen molar-refractivity contribution in [2.24, 2.45) is 17.8 Å². The van der Waals surface area contributed by atoms with Crippen LogP contribution in [0.1, 0.15) is 19.3 Å². The minimum Gasteiger partial charge on any atom is -0.493 e. The lowest BCUT2D eigenvalue weighted by molar-refractivity contribution is -0.121. The van der Waals surface area contributed by atoms with E-state index in [1.807, 2.05) is 0 Å². The van der Waals surface area contributed by atoms with Crippen molar-refractivity contribution in [1.29, 1.82) is 0 Å². The van der Waals surface area contributed by atoms with Gasteiger partial charge in [0.05, 0.1) is 31.4 Å². The first-order valence-corrected chi connectivity index (χ1v) is 9.65. The van der Waals surface area contributed by atoms with E-state index in [2.05, 4.69) is 22.5 Å². The Labute approximate surface area is 163 Å². The largest absolute Gasteiger partial charge is 0.493 e. The highest BCUT2D eigenvalue weighted by atomic mass is 16.5. The zero-order chi connectivity index (χ0) is 19.7. The van der Waals surface area contributed by atoms with Crippen molar-refractivity contribution in [1.82, 2.24) is 14.9 Å². The Morgan fingerprint density at radius 2 is 2.00 bits per heavy atom. The highest BCUT2D eigenvalue weighted by molar-refractivity contribution is 5.81. The van der Waals surface area contributed by atoms with E-state index >= 15 is 0 Å². The van der Waals surface area contributed by atoms with Crippen molar-refractivity contribution >= 4 is 16.8 Å². The molecule has 1 fully saturated rings. The molecule has 1 aromatic heterocycles. The summed E-state index contributed by atoms with van der Waals surface area (Å²) in [4.78, 5) is 29.3. The van der Waals surface area contributed by atoms with Crippen LogP contribution in [0.5, 0.6) is 11.5 Å². The number of rotatable bonds is 7. The van der Waals surface area contributed by atoms with Gasteiger partial charge in [0.15, 0.2) is 11.5 Å². The molecule has 0 spiro atoms. The van der Waals surface area contributed by atoms with Crippen LogP contribution < -0.4 is 20.3 Å². The minimum atomic E-state index is -0.197. The van der Waals surface area contributed by atoms with Crippen molar-refractivity contribution in [2.75, 3.05) is 20.8 Å². The summed E-state index contributed by atoms with van der Waals surface area (Å²) >= 11 is 0. The van der Waals surface area contributed by atoms with Crippen molar-refractivity contribution in [3.63, 3.8) is 0 Å². The highest BCUT2D eigenvalue weighted by Crippen LogP contribution is 2.42. The molecule has 2 aliphatic rings. The molecule has 0 aliphatic heterocycles. The molecule has 3 atom stereocenters. The molecular formula is C21H25N3O4. The van der Waals surface area contributed by atoms with Crippen LogP contribution in [0.15, 0.2) is 35.4 Å². The number of carbonyl (C=O) groups is 1. The van der Waals surface area contributed by atoms with Gasteiger partial charge >= 0.3 is 0 Å². The fourth-order valence-electron chi connectivity index (χ4n) is 4.33. The maximum absolute atomic E-state index is 12.7. The third-order valence-electron chi connectivity index (χ3n) is 5.89. The molecule has 0 unspecified atom stereocenters. The second-order valence-electron chi connectivity index (χ2n) is 7.56. The van der Waals surface area contributed by atoms with Gasteiger partial charge in [0.25, 0.3) is 5.56 Å². The summed E-state index contributed by atoms with van der Waals surface area (Å²) in [6, 6.07) is 3.30. The number of methoxy groups -OCH3 is 2. The third kappa shape index (κ3) is 3.48. The Hall–Kier alpha value is -2.83. The molecule has 1 heterocycles. The number of carbonyl (C=O) groups excluding carboxylic acids is 1. The maximum Gasteiger partial charge on any atom is 0.261 e. The van der Waals surface area contributed by atoms with Gasteiger partial charge in [0.1, 0.15) is 0 Å². The zero-order valence-electron chi connectivity index (χ0n) is 16.2. The molecule has 1 N–H and O–H groups in total. The van der Waals surface area contributed by atoms with Gasteiger partial charge in [0, 0.05) is 25.6 Å². The number of amides is 1. The summed E-state index contributed by atoms with van der Waals surface area (Å²) in [6.45, 7) is 1.00. The third-order valence-corrected chi connectivity index (χ3v) is 5.89. The van der Waals surface area contributed by atoms with Crippen molar-refractivity contribution < 1.29 is 14.3 Å². The number of aromatic nitrogens is 2. The van der Waals surface area contributed by atoms with Crippen LogP contribution >= 0.6 is 0 Å². The van der Waals surface area contributed by atoms with Gasteiger partial charge in [-0.3, -0.25) is 14.2 Å². The molecule has 0 saturated heterocycles. The zero-order valence-corrected chi connectivity index (χ0v) is 16.2. The Kier molecular flexibility index (Phi) is 5.07. The predicted molar refractivity (Wildman–Crippen MR) is 106 cm³/mol. The molecule has 1 saturated carbocycles. The van der Waals surface area contributed by atoms with Crippen molar-refractivity contribution in [3.05, 3.63) is 41.0 Å². The summed E-state index contributed by atoms with van der Waals surface area (Å²) < 4.78 is 12.0. The molecule has 148 valence electrons. The fourth-order valence-corrected chi connectivity index (χ4v) is 4.33. The summed E-state index contributed by atoms with van der Waals surface area (Å²) in [5, 5.41) is 3.46. The normalized spacial score (nSPS) is 22.6. The average Bonchev–Trinajstić information content (AvgIpc) is 3.34. The van der Waals surface area contributed by atoms with E-state index in [0.717, 1.165) is 0 Å². The first-order chi connectivity index (χ1) is 13.6. The quantitative estimate of drug-likeness (QED) is 0.741. The first-order valence-electron chi connectivity index (χ1n) is 9.65. The van der Waals surface area contributed by atoms with Crippen LogP contribution in [0, 0.1) is 17.8 Å². The Balaban J connectivity index is 1.40. The number of nitrogens with zero attached hydrogens (tertiary/aromatic N) is 2. The number of nitrogens with one attached hydrogen (secondary N) is 1. The van der Waals surface area contributed by atoms with Crippen LogP contribution in [0.25, 0.3) is 10.9 Å². The van der Waals surface area contributed by atoms with Gasteiger partial charge < -0.3 is 14.8 Å². The van der Waals surface area contributed by atoms with E-state index in [0.29, 0.717) is 53.2 Å². The number of benzene rings is 1. The number of fused-ring (bicyclic) bond motifs is 3. The summed E-state index contributed by atoms with van der Waals surface area (Å²) in [6.07, 6.45) is 8.70. The molecule has 0 radical (unpaired) electrons. The predicted octanol–water partition coefficient (Wildman–Crippen LogP) is 2.13.